The van der Waals surface area contributed by atoms with Crippen molar-refractivity contribution in [3.05, 3.63) is 16.8 Å². The van der Waals surface area contributed by atoms with Crippen molar-refractivity contribution in [2.45, 2.75) is 19.3 Å². The number of aromatic nitrogens is 5. The number of nitrogens with two attached hydrogens (primary N) is 2. The molecule has 0 radical (unpaired) electrons. The summed E-state index contributed by atoms with van der Waals surface area (Å²) in [5.41, 5.74) is 12.7. The number of aryl methyl sites for hydroxylation is 2. The van der Waals surface area contributed by atoms with E-state index >= 15 is 0 Å². The molecule has 0 saturated heterocycles. The molecule has 8 heteroatoms. The van der Waals surface area contributed by atoms with Crippen molar-refractivity contribution in [1.82, 2.24) is 24.7 Å². The van der Waals surface area contributed by atoms with Crippen LogP contribution in [0.3, 0.4) is 0 Å². The maximum atomic E-state index is 5.83. The highest BCUT2D eigenvalue weighted by Crippen LogP contribution is 2.38. The van der Waals surface area contributed by atoms with Gasteiger partial charge in [0.05, 0.1) is 5.39 Å². The van der Waals surface area contributed by atoms with Gasteiger partial charge in [-0.1, -0.05) is 0 Å². The van der Waals surface area contributed by atoms with Crippen LogP contribution in [-0.2, 0) is 12.8 Å². The van der Waals surface area contributed by atoms with Crippen LogP contribution in [0.25, 0.3) is 16.0 Å². The second-order valence-corrected chi connectivity index (χ2v) is 5.56. The molecule has 3 aromatic rings. The molecule has 0 unspecified atom stereocenters. The molecule has 0 bridgehead atoms. The zero-order chi connectivity index (χ0) is 13.0. The predicted molar refractivity (Wildman–Crippen MR) is 73.2 cm³/mol. The molecule has 3 aromatic heterocycles. The molecule has 1 aliphatic rings. The SMILES string of the molecule is Nc1nc(N)n(-c2ncnc3sc4c(c23)CCC4)n1. The molecule has 96 valence electrons. The summed E-state index contributed by atoms with van der Waals surface area (Å²) in [5.74, 6) is 1.07. The van der Waals surface area contributed by atoms with Crippen LogP contribution in [0.15, 0.2) is 6.33 Å². The van der Waals surface area contributed by atoms with Gasteiger partial charge in [-0.05, 0) is 24.8 Å². The molecule has 19 heavy (non-hydrogen) atoms. The molecule has 0 amide bonds. The number of hydrogen-bond donors (Lipinski definition) is 2. The van der Waals surface area contributed by atoms with E-state index in [-0.39, 0.29) is 11.9 Å². The highest BCUT2D eigenvalue weighted by atomic mass is 32.1. The van der Waals surface area contributed by atoms with Gasteiger partial charge in [-0.25, -0.2) is 9.97 Å². The van der Waals surface area contributed by atoms with Gasteiger partial charge < -0.3 is 11.5 Å². The molecule has 0 spiro atoms. The van der Waals surface area contributed by atoms with Crippen molar-refractivity contribution in [2.75, 3.05) is 11.5 Å². The van der Waals surface area contributed by atoms with Crippen LogP contribution < -0.4 is 11.5 Å². The summed E-state index contributed by atoms with van der Waals surface area (Å²) < 4.78 is 1.49. The fraction of sp³-hybridized carbons (Fsp3) is 0.273. The molecule has 0 aromatic carbocycles. The molecule has 0 fully saturated rings. The fourth-order valence-corrected chi connectivity index (χ4v) is 3.79. The number of nitrogen functional groups attached to an aromatic ring is 2. The van der Waals surface area contributed by atoms with Gasteiger partial charge in [0, 0.05) is 4.88 Å². The average molecular weight is 273 g/mol. The first-order chi connectivity index (χ1) is 9.24. The van der Waals surface area contributed by atoms with Crippen LogP contribution in [0.1, 0.15) is 16.9 Å². The lowest BCUT2D eigenvalue weighted by atomic mass is 10.2. The zero-order valence-corrected chi connectivity index (χ0v) is 10.8. The van der Waals surface area contributed by atoms with Crippen LogP contribution in [-0.4, -0.2) is 24.7 Å². The predicted octanol–water partition coefficient (Wildman–Crippen LogP) is 0.925. The Bertz CT molecular complexity index is 788. The van der Waals surface area contributed by atoms with E-state index in [4.69, 9.17) is 11.5 Å². The minimum atomic E-state index is 0.149. The van der Waals surface area contributed by atoms with Crippen molar-refractivity contribution >= 4 is 33.5 Å². The van der Waals surface area contributed by atoms with Crippen LogP contribution in [0.2, 0.25) is 0 Å². The average Bonchev–Trinajstić information content (AvgIpc) is 3.02. The largest absolute Gasteiger partial charge is 0.368 e. The zero-order valence-electron chi connectivity index (χ0n) is 10.00. The summed E-state index contributed by atoms with van der Waals surface area (Å²) in [6.07, 6.45) is 4.88. The summed E-state index contributed by atoms with van der Waals surface area (Å²) in [6.45, 7) is 0. The lowest BCUT2D eigenvalue weighted by Crippen LogP contribution is -2.06. The summed E-state index contributed by atoms with van der Waals surface area (Å²) in [6, 6.07) is 0. The molecule has 4 rings (SSSR count). The van der Waals surface area contributed by atoms with E-state index < -0.39 is 0 Å². The van der Waals surface area contributed by atoms with Gasteiger partial charge in [-0.3, -0.25) is 0 Å². The minimum Gasteiger partial charge on any atom is -0.368 e. The van der Waals surface area contributed by atoms with Crippen LogP contribution in [0.4, 0.5) is 11.9 Å². The van der Waals surface area contributed by atoms with Crippen molar-refractivity contribution in [2.24, 2.45) is 0 Å². The van der Waals surface area contributed by atoms with E-state index in [9.17, 15) is 0 Å². The molecular weight excluding hydrogens is 262 g/mol. The lowest BCUT2D eigenvalue weighted by molar-refractivity contribution is 0.862. The number of nitrogens with zero attached hydrogens (tertiary/aromatic N) is 5. The molecular formula is C11H11N7S. The molecule has 7 nitrogen and oxygen atoms in total. The topological polar surface area (TPSA) is 109 Å². The fourth-order valence-electron chi connectivity index (χ4n) is 2.57. The normalized spacial score (nSPS) is 14.1. The molecule has 3 heterocycles. The van der Waals surface area contributed by atoms with E-state index in [0.29, 0.717) is 5.82 Å². The van der Waals surface area contributed by atoms with Crippen LogP contribution >= 0.6 is 11.3 Å². The van der Waals surface area contributed by atoms with E-state index in [0.717, 1.165) is 23.1 Å². The van der Waals surface area contributed by atoms with Gasteiger partial charge in [0.2, 0.25) is 11.9 Å². The van der Waals surface area contributed by atoms with Gasteiger partial charge in [0.1, 0.15) is 11.2 Å². The minimum absolute atomic E-state index is 0.149. The first kappa shape index (κ1) is 10.7. The lowest BCUT2D eigenvalue weighted by Gasteiger charge is -2.04. The standard InChI is InChI=1S/C11H11N7S/c12-10-16-11(13)18(17-10)8-7-5-2-1-3-6(5)19-9(7)15-4-14-8/h4H,1-3H2,(H4,12,13,16,17). The second kappa shape index (κ2) is 3.64. The van der Waals surface area contributed by atoms with Gasteiger partial charge in [0.15, 0.2) is 5.82 Å². The highest BCUT2D eigenvalue weighted by Gasteiger charge is 2.23. The third kappa shape index (κ3) is 1.43. The molecule has 4 N–H and O–H groups in total. The van der Waals surface area contributed by atoms with Crippen molar-refractivity contribution in [3.8, 4) is 5.82 Å². The smallest absolute Gasteiger partial charge is 0.241 e. The van der Waals surface area contributed by atoms with Crippen molar-refractivity contribution < 1.29 is 0 Å². The van der Waals surface area contributed by atoms with E-state index in [2.05, 4.69) is 20.1 Å². The Balaban J connectivity index is 2.07. The Morgan fingerprint density at radius 3 is 2.89 bits per heavy atom. The van der Waals surface area contributed by atoms with Crippen molar-refractivity contribution in [1.29, 1.82) is 0 Å². The number of thiophene rings is 1. The first-order valence-electron chi connectivity index (χ1n) is 5.97. The first-order valence-corrected chi connectivity index (χ1v) is 6.79. The number of rotatable bonds is 1. The van der Waals surface area contributed by atoms with Gasteiger partial charge in [-0.2, -0.15) is 9.67 Å². The van der Waals surface area contributed by atoms with Gasteiger partial charge in [-0.15, -0.1) is 16.4 Å². The van der Waals surface area contributed by atoms with Crippen molar-refractivity contribution in [3.63, 3.8) is 0 Å². The Kier molecular flexibility index (Phi) is 2.05. The van der Waals surface area contributed by atoms with Crippen LogP contribution in [0, 0.1) is 0 Å². The number of anilines is 2. The summed E-state index contributed by atoms with van der Waals surface area (Å²) >= 11 is 1.72. The van der Waals surface area contributed by atoms with E-state index in [1.54, 1.807) is 11.3 Å². The third-order valence-electron chi connectivity index (χ3n) is 3.33. The highest BCUT2D eigenvalue weighted by molar-refractivity contribution is 7.19. The summed E-state index contributed by atoms with van der Waals surface area (Å²) in [5, 5.41) is 5.15. The Morgan fingerprint density at radius 1 is 1.21 bits per heavy atom. The van der Waals surface area contributed by atoms with Crippen LogP contribution in [0.5, 0.6) is 0 Å². The maximum absolute atomic E-state index is 5.83. The maximum Gasteiger partial charge on any atom is 0.241 e. The monoisotopic (exact) mass is 273 g/mol. The van der Waals surface area contributed by atoms with Gasteiger partial charge in [0.25, 0.3) is 0 Å². The number of hydrogen-bond acceptors (Lipinski definition) is 7. The Hall–Kier alpha value is -2.22. The number of fused-ring (bicyclic) bond motifs is 3. The molecule has 0 atom stereocenters. The summed E-state index contributed by atoms with van der Waals surface area (Å²) in [7, 11) is 0. The Morgan fingerprint density at radius 2 is 2.11 bits per heavy atom. The van der Waals surface area contributed by atoms with E-state index in [1.807, 2.05) is 0 Å². The van der Waals surface area contributed by atoms with E-state index in [1.165, 1.54) is 27.9 Å². The second-order valence-electron chi connectivity index (χ2n) is 4.47. The molecule has 1 aliphatic carbocycles. The quantitative estimate of drug-likeness (QED) is 0.682. The third-order valence-corrected chi connectivity index (χ3v) is 4.53. The van der Waals surface area contributed by atoms with Gasteiger partial charge >= 0.3 is 0 Å². The molecule has 0 saturated carbocycles. The Labute approximate surface area is 112 Å². The summed E-state index contributed by atoms with van der Waals surface area (Å²) in [4.78, 5) is 15.0. The molecule has 0 aliphatic heterocycles.